The lowest BCUT2D eigenvalue weighted by molar-refractivity contribution is 0.112. The number of hydrogen-bond donors (Lipinski definition) is 1. The molecule has 0 bridgehead atoms. The summed E-state index contributed by atoms with van der Waals surface area (Å²) in [5, 5.41) is 0. The van der Waals surface area contributed by atoms with E-state index >= 15 is 0 Å². The number of anilines is 1. The molecular formula is C7H7BrClNO. The fourth-order valence-electron chi connectivity index (χ4n) is 0.636. The number of hydrogen-bond acceptors (Lipinski definition) is 2. The molecule has 60 valence electrons. The van der Waals surface area contributed by atoms with Gasteiger partial charge in [-0.05, 0) is 28.1 Å². The monoisotopic (exact) mass is 235 g/mol. The predicted octanol–water partition coefficient (Wildman–Crippen LogP) is 2.27. The Morgan fingerprint density at radius 1 is 1.45 bits per heavy atom. The van der Waals surface area contributed by atoms with Crippen LogP contribution in [-0.4, -0.2) is 6.29 Å². The molecule has 1 aromatic carbocycles. The number of nitrogen functional groups attached to an aromatic ring is 1. The molecule has 11 heavy (non-hydrogen) atoms. The van der Waals surface area contributed by atoms with Gasteiger partial charge in [-0.3, -0.25) is 4.79 Å². The highest BCUT2D eigenvalue weighted by Crippen LogP contribution is 2.18. The van der Waals surface area contributed by atoms with Crippen LogP contribution < -0.4 is 5.73 Å². The molecule has 0 spiro atoms. The highest BCUT2D eigenvalue weighted by atomic mass is 79.9. The zero-order chi connectivity index (χ0) is 7.56. The molecule has 0 saturated carbocycles. The van der Waals surface area contributed by atoms with Crippen LogP contribution in [0.5, 0.6) is 0 Å². The maximum absolute atomic E-state index is 10.2. The largest absolute Gasteiger partial charge is 0.398 e. The Balaban J connectivity index is 0.000001000. The minimum atomic E-state index is 0. The van der Waals surface area contributed by atoms with E-state index in [-0.39, 0.29) is 12.4 Å². The van der Waals surface area contributed by atoms with Crippen molar-refractivity contribution in [2.45, 2.75) is 0 Å². The highest BCUT2D eigenvalue weighted by molar-refractivity contribution is 9.10. The van der Waals surface area contributed by atoms with Gasteiger partial charge >= 0.3 is 0 Å². The summed E-state index contributed by atoms with van der Waals surface area (Å²) in [6.45, 7) is 0. The summed E-state index contributed by atoms with van der Waals surface area (Å²) in [5.41, 5.74) is 6.68. The molecule has 0 aliphatic carbocycles. The van der Waals surface area contributed by atoms with Gasteiger partial charge in [0.1, 0.15) is 6.29 Å². The maximum atomic E-state index is 10.2. The molecule has 0 amide bonds. The van der Waals surface area contributed by atoms with E-state index in [4.69, 9.17) is 5.73 Å². The van der Waals surface area contributed by atoms with Crippen molar-refractivity contribution < 1.29 is 4.79 Å². The molecule has 1 rings (SSSR count). The number of aldehydes is 1. The van der Waals surface area contributed by atoms with Crippen molar-refractivity contribution >= 4 is 40.3 Å². The van der Waals surface area contributed by atoms with Gasteiger partial charge in [0.25, 0.3) is 0 Å². The molecule has 1 aromatic rings. The van der Waals surface area contributed by atoms with Crippen LogP contribution in [0.4, 0.5) is 5.69 Å². The molecule has 0 heterocycles. The van der Waals surface area contributed by atoms with E-state index < -0.39 is 0 Å². The molecule has 0 unspecified atom stereocenters. The first kappa shape index (κ1) is 10.5. The van der Waals surface area contributed by atoms with Crippen molar-refractivity contribution in [2.75, 3.05) is 5.73 Å². The molecular weight excluding hydrogens is 229 g/mol. The van der Waals surface area contributed by atoms with Crippen LogP contribution in [0.1, 0.15) is 10.4 Å². The van der Waals surface area contributed by atoms with E-state index in [1.807, 2.05) is 0 Å². The Bertz CT molecular complexity index is 265. The lowest BCUT2D eigenvalue weighted by Crippen LogP contribution is -1.88. The lowest BCUT2D eigenvalue weighted by atomic mass is 10.2. The Hall–Kier alpha value is -0.540. The third-order valence-corrected chi connectivity index (χ3v) is 1.88. The molecule has 0 aliphatic rings. The van der Waals surface area contributed by atoms with Gasteiger partial charge in [-0.1, -0.05) is 6.07 Å². The number of nitrogens with two attached hydrogens (primary N) is 1. The van der Waals surface area contributed by atoms with Crippen LogP contribution in [0.3, 0.4) is 0 Å². The molecule has 0 atom stereocenters. The topological polar surface area (TPSA) is 43.1 Å². The molecule has 2 N–H and O–H groups in total. The van der Waals surface area contributed by atoms with Gasteiger partial charge < -0.3 is 5.73 Å². The maximum Gasteiger partial charge on any atom is 0.150 e. The van der Waals surface area contributed by atoms with Gasteiger partial charge in [-0.2, -0.15) is 0 Å². The second-order valence-electron chi connectivity index (χ2n) is 1.90. The molecule has 0 aliphatic heterocycles. The number of benzene rings is 1. The van der Waals surface area contributed by atoms with Gasteiger partial charge in [-0.15, -0.1) is 12.4 Å². The van der Waals surface area contributed by atoms with Gasteiger partial charge in [0.2, 0.25) is 0 Å². The molecule has 0 aromatic heterocycles. The Morgan fingerprint density at radius 2 is 2.09 bits per heavy atom. The fourth-order valence-corrected chi connectivity index (χ4v) is 0.882. The van der Waals surface area contributed by atoms with Crippen molar-refractivity contribution in [1.29, 1.82) is 0 Å². The average molecular weight is 236 g/mol. The summed E-state index contributed by atoms with van der Waals surface area (Å²) >= 11 is 3.22. The van der Waals surface area contributed by atoms with Gasteiger partial charge in [0, 0.05) is 15.7 Å². The fraction of sp³-hybridized carbons (Fsp3) is 0. The summed E-state index contributed by atoms with van der Waals surface area (Å²) in [5.74, 6) is 0. The van der Waals surface area contributed by atoms with E-state index in [2.05, 4.69) is 15.9 Å². The standard InChI is InChI=1S/C7H6BrNO.ClH/c8-6-2-1-5(4-10)3-7(6)9;/h1-4H,9H2;1H. The SMILES string of the molecule is Cl.Nc1cc(C=O)ccc1Br. The van der Waals surface area contributed by atoms with E-state index in [0.717, 1.165) is 10.8 Å². The number of halogens is 2. The first-order chi connectivity index (χ1) is 4.74. The van der Waals surface area contributed by atoms with Gasteiger partial charge in [-0.25, -0.2) is 0 Å². The lowest BCUT2D eigenvalue weighted by Gasteiger charge is -1.96. The summed E-state index contributed by atoms with van der Waals surface area (Å²) in [7, 11) is 0. The zero-order valence-electron chi connectivity index (χ0n) is 5.58. The first-order valence-corrected chi connectivity index (χ1v) is 3.53. The Kier molecular flexibility index (Phi) is 4.15. The summed E-state index contributed by atoms with van der Waals surface area (Å²) in [6, 6.07) is 5.07. The third-order valence-electron chi connectivity index (χ3n) is 1.16. The van der Waals surface area contributed by atoms with E-state index in [0.29, 0.717) is 11.3 Å². The smallest absolute Gasteiger partial charge is 0.150 e. The van der Waals surface area contributed by atoms with Crippen molar-refractivity contribution in [3.63, 3.8) is 0 Å². The number of carbonyl (C=O) groups excluding carboxylic acids is 1. The Morgan fingerprint density at radius 3 is 2.55 bits per heavy atom. The molecule has 0 saturated heterocycles. The Labute approximate surface area is 79.3 Å². The van der Waals surface area contributed by atoms with Crippen LogP contribution in [0.25, 0.3) is 0 Å². The highest BCUT2D eigenvalue weighted by Gasteiger charge is 1.94. The van der Waals surface area contributed by atoms with Gasteiger partial charge in [0.05, 0.1) is 0 Å². The van der Waals surface area contributed by atoms with Crippen molar-refractivity contribution in [3.05, 3.63) is 28.2 Å². The zero-order valence-corrected chi connectivity index (χ0v) is 7.98. The van der Waals surface area contributed by atoms with Crippen LogP contribution in [0.2, 0.25) is 0 Å². The van der Waals surface area contributed by atoms with E-state index in [1.165, 1.54) is 0 Å². The average Bonchev–Trinajstić information content (AvgIpc) is 1.95. The second-order valence-corrected chi connectivity index (χ2v) is 2.75. The van der Waals surface area contributed by atoms with Crippen LogP contribution in [0.15, 0.2) is 22.7 Å². The van der Waals surface area contributed by atoms with Gasteiger partial charge in [0.15, 0.2) is 0 Å². The number of carbonyl (C=O) groups is 1. The predicted molar refractivity (Wildman–Crippen MR) is 51.2 cm³/mol. The van der Waals surface area contributed by atoms with E-state index in [9.17, 15) is 4.79 Å². The number of rotatable bonds is 1. The molecule has 2 nitrogen and oxygen atoms in total. The molecule has 4 heteroatoms. The summed E-state index contributed by atoms with van der Waals surface area (Å²) in [4.78, 5) is 10.2. The normalized spacial score (nSPS) is 8.45. The van der Waals surface area contributed by atoms with E-state index in [1.54, 1.807) is 18.2 Å². The second kappa shape index (κ2) is 4.36. The van der Waals surface area contributed by atoms with Crippen LogP contribution >= 0.6 is 28.3 Å². The quantitative estimate of drug-likeness (QED) is 0.600. The van der Waals surface area contributed by atoms with Crippen LogP contribution in [-0.2, 0) is 0 Å². The van der Waals surface area contributed by atoms with Crippen molar-refractivity contribution in [2.24, 2.45) is 0 Å². The minimum Gasteiger partial charge on any atom is -0.398 e. The minimum absolute atomic E-state index is 0. The van der Waals surface area contributed by atoms with Crippen LogP contribution in [0, 0.1) is 0 Å². The summed E-state index contributed by atoms with van der Waals surface area (Å²) < 4.78 is 0.818. The summed E-state index contributed by atoms with van der Waals surface area (Å²) in [6.07, 6.45) is 0.767. The van der Waals surface area contributed by atoms with Crippen molar-refractivity contribution in [1.82, 2.24) is 0 Å². The first-order valence-electron chi connectivity index (χ1n) is 2.74. The molecule has 0 fully saturated rings. The van der Waals surface area contributed by atoms with Crippen molar-refractivity contribution in [3.8, 4) is 0 Å². The molecule has 0 radical (unpaired) electrons. The third kappa shape index (κ3) is 2.52.